The van der Waals surface area contributed by atoms with Crippen molar-refractivity contribution in [2.45, 2.75) is 45.3 Å². The van der Waals surface area contributed by atoms with Gasteiger partial charge in [-0.1, -0.05) is 13.0 Å². The SMILES string of the molecule is COCC(=O)N(C)C[C@@H]1Oc2ncc(C3=CCCC3)cc2C(=O)N([C@@H](C)CO)C[C@@H]1C. The van der Waals surface area contributed by atoms with Gasteiger partial charge in [0.15, 0.2) is 0 Å². The highest BCUT2D eigenvalue weighted by Crippen LogP contribution is 2.32. The van der Waals surface area contributed by atoms with Crippen molar-refractivity contribution in [3.63, 3.8) is 0 Å². The van der Waals surface area contributed by atoms with Crippen LogP contribution in [0.1, 0.15) is 49.0 Å². The van der Waals surface area contributed by atoms with Gasteiger partial charge in [-0.25, -0.2) is 4.98 Å². The van der Waals surface area contributed by atoms with Gasteiger partial charge in [-0.3, -0.25) is 9.59 Å². The second kappa shape index (κ2) is 10.2. The maximum absolute atomic E-state index is 13.4. The molecule has 0 unspecified atom stereocenters. The number of carbonyl (C=O) groups excluding carboxylic acids is 2. The van der Waals surface area contributed by atoms with Crippen LogP contribution in [0, 0.1) is 5.92 Å². The number of aliphatic hydroxyl groups excluding tert-OH is 1. The Bertz CT molecular complexity index is 841. The Labute approximate surface area is 183 Å². The summed E-state index contributed by atoms with van der Waals surface area (Å²) in [7, 11) is 3.19. The Morgan fingerprint density at radius 1 is 1.48 bits per heavy atom. The highest BCUT2D eigenvalue weighted by molar-refractivity contribution is 5.97. The van der Waals surface area contributed by atoms with E-state index in [1.54, 1.807) is 23.0 Å². The van der Waals surface area contributed by atoms with Crippen molar-refractivity contribution in [1.29, 1.82) is 0 Å². The minimum Gasteiger partial charge on any atom is -0.472 e. The Balaban J connectivity index is 1.96. The lowest BCUT2D eigenvalue weighted by Crippen LogP contribution is -2.50. The van der Waals surface area contributed by atoms with Gasteiger partial charge >= 0.3 is 0 Å². The zero-order chi connectivity index (χ0) is 22.5. The Morgan fingerprint density at radius 2 is 2.26 bits per heavy atom. The molecule has 170 valence electrons. The second-order valence-corrected chi connectivity index (χ2v) is 8.53. The molecule has 0 aromatic carbocycles. The molecule has 1 aromatic heterocycles. The molecule has 8 nitrogen and oxygen atoms in total. The third kappa shape index (κ3) is 5.25. The van der Waals surface area contributed by atoms with Crippen molar-refractivity contribution >= 4 is 17.4 Å². The molecule has 0 saturated heterocycles. The average molecular weight is 432 g/mol. The summed E-state index contributed by atoms with van der Waals surface area (Å²) in [4.78, 5) is 33.4. The Kier molecular flexibility index (Phi) is 7.67. The van der Waals surface area contributed by atoms with Crippen molar-refractivity contribution in [3.8, 4) is 5.88 Å². The molecule has 1 aliphatic heterocycles. The molecule has 31 heavy (non-hydrogen) atoms. The van der Waals surface area contributed by atoms with Crippen molar-refractivity contribution in [3.05, 3.63) is 29.5 Å². The van der Waals surface area contributed by atoms with Gasteiger partial charge in [-0.2, -0.15) is 0 Å². The molecule has 0 saturated carbocycles. The van der Waals surface area contributed by atoms with E-state index in [-0.39, 0.29) is 49.0 Å². The van der Waals surface area contributed by atoms with Gasteiger partial charge in [0.2, 0.25) is 11.8 Å². The zero-order valence-corrected chi connectivity index (χ0v) is 18.8. The fraction of sp³-hybridized carbons (Fsp3) is 0.609. The van der Waals surface area contributed by atoms with Crippen LogP contribution in [0.15, 0.2) is 18.3 Å². The third-order valence-corrected chi connectivity index (χ3v) is 6.08. The summed E-state index contributed by atoms with van der Waals surface area (Å²) < 4.78 is 11.2. The number of hydrogen-bond acceptors (Lipinski definition) is 6. The van der Waals surface area contributed by atoms with Crippen LogP contribution in [0.3, 0.4) is 0 Å². The summed E-state index contributed by atoms with van der Waals surface area (Å²) in [5, 5.41) is 9.75. The van der Waals surface area contributed by atoms with Gasteiger partial charge in [-0.15, -0.1) is 0 Å². The minimum atomic E-state index is -0.366. The number of pyridine rings is 1. The van der Waals surface area contributed by atoms with Crippen molar-refractivity contribution in [2.24, 2.45) is 5.92 Å². The number of fused-ring (bicyclic) bond motifs is 1. The third-order valence-electron chi connectivity index (χ3n) is 6.08. The molecule has 1 aliphatic carbocycles. The van der Waals surface area contributed by atoms with Crippen LogP contribution in [0.4, 0.5) is 0 Å². The topological polar surface area (TPSA) is 92.2 Å². The summed E-state index contributed by atoms with van der Waals surface area (Å²) in [5.41, 5.74) is 2.53. The van der Waals surface area contributed by atoms with Gasteiger partial charge in [-0.05, 0) is 43.4 Å². The van der Waals surface area contributed by atoms with Gasteiger partial charge < -0.3 is 24.4 Å². The number of ether oxygens (including phenoxy) is 2. The normalized spacial score (nSPS) is 22.2. The summed E-state index contributed by atoms with van der Waals surface area (Å²) in [5.74, 6) is -0.151. The summed E-state index contributed by atoms with van der Waals surface area (Å²) in [6, 6.07) is 1.51. The lowest BCUT2D eigenvalue weighted by atomic mass is 9.99. The maximum Gasteiger partial charge on any atom is 0.259 e. The van der Waals surface area contributed by atoms with Crippen LogP contribution in [-0.2, 0) is 9.53 Å². The molecule has 3 rings (SSSR count). The lowest BCUT2D eigenvalue weighted by Gasteiger charge is -2.37. The van der Waals surface area contributed by atoms with Gasteiger partial charge in [0.1, 0.15) is 18.3 Å². The summed E-state index contributed by atoms with van der Waals surface area (Å²) in [6.07, 6.45) is 6.69. The number of amides is 2. The largest absolute Gasteiger partial charge is 0.472 e. The summed E-state index contributed by atoms with van der Waals surface area (Å²) >= 11 is 0. The number of carbonyl (C=O) groups is 2. The molecule has 3 atom stereocenters. The molecular weight excluding hydrogens is 398 g/mol. The highest BCUT2D eigenvalue weighted by Gasteiger charge is 2.34. The fourth-order valence-electron chi connectivity index (χ4n) is 4.03. The predicted molar refractivity (Wildman–Crippen MR) is 117 cm³/mol. The number of allylic oxidation sites excluding steroid dienone is 2. The molecule has 8 heteroatoms. The second-order valence-electron chi connectivity index (χ2n) is 8.53. The first-order valence-electron chi connectivity index (χ1n) is 10.9. The molecule has 0 fully saturated rings. The van der Waals surface area contributed by atoms with E-state index in [0.29, 0.717) is 18.7 Å². The van der Waals surface area contributed by atoms with Crippen LogP contribution >= 0.6 is 0 Å². The van der Waals surface area contributed by atoms with E-state index in [4.69, 9.17) is 9.47 Å². The highest BCUT2D eigenvalue weighted by atomic mass is 16.5. The monoisotopic (exact) mass is 431 g/mol. The number of nitrogens with zero attached hydrogens (tertiary/aromatic N) is 3. The predicted octanol–water partition coefficient (Wildman–Crippen LogP) is 1.97. The minimum absolute atomic E-state index is 0.00291. The van der Waals surface area contributed by atoms with E-state index in [2.05, 4.69) is 11.1 Å². The van der Waals surface area contributed by atoms with E-state index in [9.17, 15) is 14.7 Å². The molecule has 0 radical (unpaired) electrons. The van der Waals surface area contributed by atoms with E-state index >= 15 is 0 Å². The molecule has 2 aliphatic rings. The number of methoxy groups -OCH3 is 1. The molecule has 0 bridgehead atoms. The molecular formula is C23H33N3O5. The van der Waals surface area contributed by atoms with Crippen molar-refractivity contribution in [2.75, 3.05) is 40.5 Å². The quantitative estimate of drug-likeness (QED) is 0.710. The van der Waals surface area contributed by atoms with E-state index in [1.165, 1.54) is 12.7 Å². The van der Waals surface area contributed by atoms with Gasteiger partial charge in [0.25, 0.3) is 5.91 Å². The molecule has 2 amide bonds. The first-order chi connectivity index (χ1) is 14.8. The molecule has 1 aromatic rings. The number of aromatic nitrogens is 1. The van der Waals surface area contributed by atoms with E-state index < -0.39 is 0 Å². The number of aliphatic hydroxyl groups is 1. The zero-order valence-electron chi connectivity index (χ0n) is 18.8. The number of hydrogen-bond donors (Lipinski definition) is 1. The van der Waals surface area contributed by atoms with Crippen molar-refractivity contribution in [1.82, 2.24) is 14.8 Å². The number of rotatable bonds is 7. The van der Waals surface area contributed by atoms with Crippen LogP contribution < -0.4 is 4.74 Å². The van der Waals surface area contributed by atoms with Gasteiger partial charge in [0.05, 0.1) is 19.2 Å². The smallest absolute Gasteiger partial charge is 0.259 e. The van der Waals surface area contributed by atoms with Crippen molar-refractivity contribution < 1.29 is 24.2 Å². The van der Waals surface area contributed by atoms with Gasteiger partial charge in [0, 0.05) is 32.8 Å². The van der Waals surface area contributed by atoms with Crippen LogP contribution in [-0.4, -0.2) is 84.3 Å². The maximum atomic E-state index is 13.4. The van der Waals surface area contributed by atoms with E-state index in [0.717, 1.165) is 24.8 Å². The fourth-order valence-corrected chi connectivity index (χ4v) is 4.03. The van der Waals surface area contributed by atoms with E-state index in [1.807, 2.05) is 19.9 Å². The van der Waals surface area contributed by atoms with Crippen LogP contribution in [0.2, 0.25) is 0 Å². The first kappa shape index (κ1) is 23.2. The van der Waals surface area contributed by atoms with Crippen LogP contribution in [0.5, 0.6) is 5.88 Å². The number of likely N-dealkylation sites (N-methyl/N-ethyl adjacent to an activating group) is 1. The Morgan fingerprint density at radius 3 is 2.90 bits per heavy atom. The molecule has 0 spiro atoms. The summed E-state index contributed by atoms with van der Waals surface area (Å²) in [6.45, 7) is 4.41. The van der Waals surface area contributed by atoms with Crippen LogP contribution in [0.25, 0.3) is 5.57 Å². The lowest BCUT2D eigenvalue weighted by molar-refractivity contribution is -0.135. The molecule has 2 heterocycles. The Hall–Kier alpha value is -2.45. The average Bonchev–Trinajstić information content (AvgIpc) is 3.30. The molecule has 1 N–H and O–H groups in total. The first-order valence-corrected chi connectivity index (χ1v) is 10.9. The standard InChI is InChI=1S/C23H33N3O5/c1-15-11-26(16(2)13-27)23(29)19-9-18(17-7-5-6-8-17)10-24-22(19)31-20(15)12-25(3)21(28)14-30-4/h7,9-10,15-16,20,27H,5-6,8,11-14H2,1-4H3/t15-,16-,20-/m0/s1.